The van der Waals surface area contributed by atoms with Crippen LogP contribution in [-0.4, -0.2) is 34.4 Å². The molecule has 0 amide bonds. The first-order valence-corrected chi connectivity index (χ1v) is 6.35. The van der Waals surface area contributed by atoms with Crippen molar-refractivity contribution in [2.75, 3.05) is 6.61 Å². The van der Waals surface area contributed by atoms with Crippen LogP contribution in [0.3, 0.4) is 0 Å². The summed E-state index contributed by atoms with van der Waals surface area (Å²) < 4.78 is 31.1. The zero-order valence-electron chi connectivity index (χ0n) is 9.12. The fraction of sp³-hybridized carbons (Fsp3) is 0.444. The van der Waals surface area contributed by atoms with Gasteiger partial charge in [-0.15, -0.1) is 0 Å². The average molecular weight is 263 g/mol. The first-order chi connectivity index (χ1) is 7.76. The third-order valence-electron chi connectivity index (χ3n) is 2.26. The SMILES string of the molecule is Cc1cc(=O)n(CCO)c(O)c1CS(=O)(=O)O. The molecular weight excluding hydrogens is 250 g/mol. The molecule has 1 heterocycles. The van der Waals surface area contributed by atoms with Crippen LogP contribution in [0.15, 0.2) is 10.9 Å². The Bertz CT molecular complexity index is 574. The minimum atomic E-state index is -4.30. The molecule has 0 aliphatic heterocycles. The van der Waals surface area contributed by atoms with Crippen LogP contribution in [0.4, 0.5) is 0 Å². The van der Waals surface area contributed by atoms with E-state index in [1.807, 2.05) is 0 Å². The molecule has 0 fully saturated rings. The summed E-state index contributed by atoms with van der Waals surface area (Å²) in [5.41, 5.74) is -0.340. The highest BCUT2D eigenvalue weighted by atomic mass is 32.2. The Morgan fingerprint density at radius 1 is 1.41 bits per heavy atom. The van der Waals surface area contributed by atoms with Crippen molar-refractivity contribution in [2.24, 2.45) is 0 Å². The molecule has 0 spiro atoms. The summed E-state index contributed by atoms with van der Waals surface area (Å²) in [6, 6.07) is 1.13. The van der Waals surface area contributed by atoms with Crippen LogP contribution in [0.25, 0.3) is 0 Å². The Morgan fingerprint density at radius 3 is 2.47 bits per heavy atom. The highest BCUT2D eigenvalue weighted by Gasteiger charge is 2.17. The van der Waals surface area contributed by atoms with Gasteiger partial charge < -0.3 is 10.2 Å². The largest absolute Gasteiger partial charge is 0.494 e. The van der Waals surface area contributed by atoms with Gasteiger partial charge in [-0.25, -0.2) is 0 Å². The van der Waals surface area contributed by atoms with Gasteiger partial charge in [0.1, 0.15) is 5.75 Å². The molecule has 0 unspecified atom stereocenters. The maximum atomic E-state index is 11.4. The molecule has 0 aliphatic carbocycles. The maximum Gasteiger partial charge on any atom is 0.269 e. The molecule has 96 valence electrons. The molecule has 7 nitrogen and oxygen atoms in total. The quantitative estimate of drug-likeness (QED) is 0.615. The molecule has 1 aromatic heterocycles. The van der Waals surface area contributed by atoms with Gasteiger partial charge in [0.2, 0.25) is 0 Å². The molecular formula is C9H13NO6S. The molecule has 1 aromatic rings. The van der Waals surface area contributed by atoms with Gasteiger partial charge in [-0.2, -0.15) is 8.42 Å². The van der Waals surface area contributed by atoms with E-state index in [9.17, 15) is 18.3 Å². The molecule has 8 heteroatoms. The molecule has 0 saturated carbocycles. The highest BCUT2D eigenvalue weighted by molar-refractivity contribution is 7.85. The molecule has 17 heavy (non-hydrogen) atoms. The number of nitrogens with zero attached hydrogens (tertiary/aromatic N) is 1. The topological polar surface area (TPSA) is 117 Å². The van der Waals surface area contributed by atoms with Crippen molar-refractivity contribution in [2.45, 2.75) is 19.2 Å². The maximum absolute atomic E-state index is 11.4. The average Bonchev–Trinajstić information content (AvgIpc) is 2.18. The summed E-state index contributed by atoms with van der Waals surface area (Å²) in [6.45, 7) is 0.927. The van der Waals surface area contributed by atoms with E-state index >= 15 is 0 Å². The fourth-order valence-electron chi connectivity index (χ4n) is 1.47. The lowest BCUT2D eigenvalue weighted by atomic mass is 10.1. The normalized spacial score (nSPS) is 11.7. The lowest BCUT2D eigenvalue weighted by Crippen LogP contribution is -2.23. The van der Waals surface area contributed by atoms with Crippen molar-refractivity contribution in [3.8, 4) is 5.88 Å². The van der Waals surface area contributed by atoms with Gasteiger partial charge in [-0.1, -0.05) is 0 Å². The van der Waals surface area contributed by atoms with Gasteiger partial charge in [0, 0.05) is 11.6 Å². The summed E-state index contributed by atoms with van der Waals surface area (Å²) in [6.07, 6.45) is 0. The zero-order valence-corrected chi connectivity index (χ0v) is 9.94. The standard InChI is InChI=1S/C9H13NO6S/c1-6-4-8(12)10(2-3-11)9(13)7(6)5-17(14,15)16/h4,11,13H,2-3,5H2,1H3,(H,14,15,16). The number of aromatic nitrogens is 1. The van der Waals surface area contributed by atoms with Crippen molar-refractivity contribution >= 4 is 10.1 Å². The van der Waals surface area contributed by atoms with Crippen LogP contribution in [0.1, 0.15) is 11.1 Å². The minimum absolute atomic E-state index is 0.0550. The van der Waals surface area contributed by atoms with Crippen molar-refractivity contribution in [3.63, 3.8) is 0 Å². The summed E-state index contributed by atoms with van der Waals surface area (Å²) >= 11 is 0. The number of hydrogen-bond acceptors (Lipinski definition) is 5. The van der Waals surface area contributed by atoms with Crippen LogP contribution < -0.4 is 5.56 Å². The number of aryl methyl sites for hydroxylation is 1. The second-order valence-electron chi connectivity index (χ2n) is 3.57. The smallest absolute Gasteiger partial charge is 0.269 e. The molecule has 1 rings (SSSR count). The third-order valence-corrected chi connectivity index (χ3v) is 2.91. The summed E-state index contributed by atoms with van der Waals surface area (Å²) in [7, 11) is -4.30. The van der Waals surface area contributed by atoms with E-state index in [0.717, 1.165) is 10.6 Å². The van der Waals surface area contributed by atoms with Crippen molar-refractivity contribution in [3.05, 3.63) is 27.5 Å². The summed E-state index contributed by atoms with van der Waals surface area (Å²) in [5.74, 6) is -1.34. The Labute approximate surface area is 97.7 Å². The van der Waals surface area contributed by atoms with E-state index in [-0.39, 0.29) is 24.3 Å². The molecule has 0 aromatic carbocycles. The lowest BCUT2D eigenvalue weighted by Gasteiger charge is -2.12. The number of hydrogen-bond donors (Lipinski definition) is 3. The van der Waals surface area contributed by atoms with Gasteiger partial charge in [-0.3, -0.25) is 13.9 Å². The van der Waals surface area contributed by atoms with E-state index in [4.69, 9.17) is 9.66 Å². The lowest BCUT2D eigenvalue weighted by molar-refractivity contribution is 0.263. The minimum Gasteiger partial charge on any atom is -0.494 e. The number of rotatable bonds is 4. The van der Waals surface area contributed by atoms with Crippen LogP contribution in [0, 0.1) is 6.92 Å². The van der Waals surface area contributed by atoms with Crippen molar-refractivity contribution < 1.29 is 23.2 Å². The number of pyridine rings is 1. The zero-order chi connectivity index (χ0) is 13.2. The summed E-state index contributed by atoms with van der Waals surface area (Å²) in [4.78, 5) is 11.4. The van der Waals surface area contributed by atoms with E-state index in [0.29, 0.717) is 0 Å². The van der Waals surface area contributed by atoms with E-state index < -0.39 is 27.3 Å². The van der Waals surface area contributed by atoms with E-state index in [1.54, 1.807) is 0 Å². The van der Waals surface area contributed by atoms with Gasteiger partial charge in [0.05, 0.1) is 13.2 Å². The molecule has 0 aliphatic rings. The third kappa shape index (κ3) is 3.29. The summed E-state index contributed by atoms with van der Waals surface area (Å²) in [5, 5.41) is 18.4. The Hall–Kier alpha value is -1.38. The second kappa shape index (κ2) is 4.86. The van der Waals surface area contributed by atoms with Gasteiger partial charge in [0.15, 0.2) is 5.88 Å². The second-order valence-corrected chi connectivity index (χ2v) is 5.02. The molecule has 0 bridgehead atoms. The predicted molar refractivity (Wildman–Crippen MR) is 59.4 cm³/mol. The Kier molecular flexibility index (Phi) is 3.91. The molecule has 0 atom stereocenters. The Balaban J connectivity index is 3.40. The Morgan fingerprint density at radius 2 is 2.00 bits per heavy atom. The predicted octanol–water partition coefficient (Wildman–Crippen LogP) is -0.758. The first kappa shape index (κ1) is 13.7. The molecule has 0 saturated heterocycles. The first-order valence-electron chi connectivity index (χ1n) is 4.74. The van der Waals surface area contributed by atoms with E-state index in [1.165, 1.54) is 6.92 Å². The van der Waals surface area contributed by atoms with Crippen molar-refractivity contribution in [1.29, 1.82) is 0 Å². The van der Waals surface area contributed by atoms with Gasteiger partial charge in [0.25, 0.3) is 15.7 Å². The van der Waals surface area contributed by atoms with E-state index in [2.05, 4.69) is 0 Å². The fourth-order valence-corrected chi connectivity index (χ4v) is 2.19. The number of aromatic hydroxyl groups is 1. The molecule has 3 N–H and O–H groups in total. The van der Waals surface area contributed by atoms with Crippen LogP contribution in [-0.2, 0) is 22.4 Å². The van der Waals surface area contributed by atoms with Gasteiger partial charge >= 0.3 is 0 Å². The van der Waals surface area contributed by atoms with Crippen LogP contribution >= 0.6 is 0 Å². The number of aliphatic hydroxyl groups is 1. The van der Waals surface area contributed by atoms with Crippen LogP contribution in [0.5, 0.6) is 5.88 Å². The van der Waals surface area contributed by atoms with Crippen molar-refractivity contribution in [1.82, 2.24) is 4.57 Å². The molecule has 0 radical (unpaired) electrons. The monoisotopic (exact) mass is 263 g/mol. The van der Waals surface area contributed by atoms with Crippen LogP contribution in [0.2, 0.25) is 0 Å². The highest BCUT2D eigenvalue weighted by Crippen LogP contribution is 2.20. The van der Waals surface area contributed by atoms with Gasteiger partial charge in [-0.05, 0) is 12.5 Å². The number of aliphatic hydroxyl groups excluding tert-OH is 1.